The second kappa shape index (κ2) is 4.35. The SMILES string of the molecule is N#Cc1cc(-c2nc3ccc(F)cc3n2C2CC2)cnn1. The zero-order valence-electron chi connectivity index (χ0n) is 11.0. The maximum absolute atomic E-state index is 13.5. The van der Waals surface area contributed by atoms with Crippen LogP contribution in [-0.4, -0.2) is 19.7 Å². The van der Waals surface area contributed by atoms with Crippen LogP contribution < -0.4 is 0 Å². The first-order valence-corrected chi connectivity index (χ1v) is 6.67. The van der Waals surface area contributed by atoms with E-state index in [0.717, 1.165) is 29.4 Å². The number of aromatic nitrogens is 4. The molecule has 0 saturated heterocycles. The monoisotopic (exact) mass is 279 g/mol. The fraction of sp³-hybridized carbons (Fsp3) is 0.200. The van der Waals surface area contributed by atoms with Gasteiger partial charge >= 0.3 is 0 Å². The number of benzene rings is 1. The van der Waals surface area contributed by atoms with E-state index in [1.807, 2.05) is 10.6 Å². The van der Waals surface area contributed by atoms with Crippen LogP contribution in [0.3, 0.4) is 0 Å². The molecular formula is C15H10FN5. The van der Waals surface area contributed by atoms with Crippen LogP contribution >= 0.6 is 0 Å². The molecule has 6 heteroatoms. The van der Waals surface area contributed by atoms with Gasteiger partial charge in [0.25, 0.3) is 0 Å². The van der Waals surface area contributed by atoms with E-state index in [-0.39, 0.29) is 11.5 Å². The lowest BCUT2D eigenvalue weighted by molar-refractivity contribution is 0.628. The van der Waals surface area contributed by atoms with Crippen molar-refractivity contribution >= 4 is 11.0 Å². The number of rotatable bonds is 2. The molecule has 0 unspecified atom stereocenters. The summed E-state index contributed by atoms with van der Waals surface area (Å²) in [5.74, 6) is 0.436. The van der Waals surface area contributed by atoms with Crippen molar-refractivity contribution in [1.29, 1.82) is 5.26 Å². The van der Waals surface area contributed by atoms with Crippen molar-refractivity contribution in [2.45, 2.75) is 18.9 Å². The zero-order chi connectivity index (χ0) is 14.4. The molecule has 1 fully saturated rings. The number of halogens is 1. The predicted molar refractivity (Wildman–Crippen MR) is 73.7 cm³/mol. The summed E-state index contributed by atoms with van der Waals surface area (Å²) >= 11 is 0. The lowest BCUT2D eigenvalue weighted by Gasteiger charge is -2.07. The minimum absolute atomic E-state index is 0.244. The Bertz CT molecular complexity index is 889. The number of fused-ring (bicyclic) bond motifs is 1. The lowest BCUT2D eigenvalue weighted by Crippen LogP contribution is -1.99. The van der Waals surface area contributed by atoms with Gasteiger partial charge < -0.3 is 4.57 Å². The molecule has 1 aliphatic rings. The average molecular weight is 279 g/mol. The first kappa shape index (κ1) is 12.0. The molecule has 5 nitrogen and oxygen atoms in total. The van der Waals surface area contributed by atoms with Crippen LogP contribution in [0.2, 0.25) is 0 Å². The second-order valence-corrected chi connectivity index (χ2v) is 5.11. The summed E-state index contributed by atoms with van der Waals surface area (Å²) in [6.07, 6.45) is 3.69. The molecule has 1 aromatic carbocycles. The van der Waals surface area contributed by atoms with Crippen LogP contribution in [0.15, 0.2) is 30.5 Å². The predicted octanol–water partition coefficient (Wildman–Crippen LogP) is 2.84. The highest BCUT2D eigenvalue weighted by atomic mass is 19.1. The van der Waals surface area contributed by atoms with Crippen LogP contribution in [-0.2, 0) is 0 Å². The van der Waals surface area contributed by atoms with Gasteiger partial charge in [-0.3, -0.25) is 0 Å². The third-order valence-electron chi connectivity index (χ3n) is 3.59. The fourth-order valence-electron chi connectivity index (χ4n) is 2.52. The molecule has 102 valence electrons. The average Bonchev–Trinajstić information content (AvgIpc) is 3.28. The van der Waals surface area contributed by atoms with Crippen molar-refractivity contribution in [3.8, 4) is 17.5 Å². The maximum atomic E-state index is 13.5. The molecule has 2 aromatic heterocycles. The van der Waals surface area contributed by atoms with E-state index < -0.39 is 0 Å². The fourth-order valence-corrected chi connectivity index (χ4v) is 2.52. The normalized spacial score (nSPS) is 14.3. The first-order valence-electron chi connectivity index (χ1n) is 6.67. The van der Waals surface area contributed by atoms with Gasteiger partial charge in [0, 0.05) is 11.6 Å². The molecule has 0 radical (unpaired) electrons. The maximum Gasteiger partial charge on any atom is 0.163 e. The van der Waals surface area contributed by atoms with Crippen molar-refractivity contribution in [1.82, 2.24) is 19.7 Å². The molecular weight excluding hydrogens is 269 g/mol. The van der Waals surface area contributed by atoms with Gasteiger partial charge in [0.15, 0.2) is 5.69 Å². The van der Waals surface area contributed by atoms with E-state index in [1.54, 1.807) is 18.3 Å². The first-order chi connectivity index (χ1) is 10.3. The van der Waals surface area contributed by atoms with Crippen molar-refractivity contribution in [3.05, 3.63) is 42.0 Å². The van der Waals surface area contributed by atoms with E-state index in [4.69, 9.17) is 5.26 Å². The number of nitrogens with zero attached hydrogens (tertiary/aromatic N) is 5. The third-order valence-corrected chi connectivity index (χ3v) is 3.59. The minimum atomic E-state index is -0.276. The Morgan fingerprint density at radius 2 is 2.14 bits per heavy atom. The van der Waals surface area contributed by atoms with E-state index in [0.29, 0.717) is 11.9 Å². The summed E-state index contributed by atoms with van der Waals surface area (Å²) in [6.45, 7) is 0. The summed E-state index contributed by atoms with van der Waals surface area (Å²) in [6, 6.07) is 8.55. The molecule has 0 atom stereocenters. The molecule has 0 N–H and O–H groups in total. The van der Waals surface area contributed by atoms with Gasteiger partial charge in [-0.2, -0.15) is 10.4 Å². The van der Waals surface area contributed by atoms with Crippen molar-refractivity contribution in [2.75, 3.05) is 0 Å². The van der Waals surface area contributed by atoms with Crippen molar-refractivity contribution in [2.24, 2.45) is 0 Å². The Balaban J connectivity index is 1.99. The molecule has 0 aliphatic heterocycles. The molecule has 2 heterocycles. The van der Waals surface area contributed by atoms with Crippen molar-refractivity contribution < 1.29 is 4.39 Å². The molecule has 3 aromatic rings. The number of hydrogen-bond donors (Lipinski definition) is 0. The molecule has 1 saturated carbocycles. The quantitative estimate of drug-likeness (QED) is 0.723. The van der Waals surface area contributed by atoms with E-state index >= 15 is 0 Å². The Morgan fingerprint density at radius 3 is 2.90 bits per heavy atom. The van der Waals surface area contributed by atoms with Gasteiger partial charge in [-0.15, -0.1) is 5.10 Å². The molecule has 4 rings (SSSR count). The van der Waals surface area contributed by atoms with Crippen LogP contribution in [0.4, 0.5) is 4.39 Å². The van der Waals surface area contributed by atoms with Gasteiger partial charge in [-0.1, -0.05) is 0 Å². The standard InChI is InChI=1S/C15H10FN5/c16-10-1-4-13-14(6-10)21(12-2-3-12)15(19-13)9-5-11(7-17)20-18-8-9/h1,4-6,8,12H,2-3H2. The third kappa shape index (κ3) is 1.94. The number of hydrogen-bond acceptors (Lipinski definition) is 4. The largest absolute Gasteiger partial charge is 0.321 e. The van der Waals surface area contributed by atoms with Gasteiger partial charge in [-0.25, -0.2) is 9.37 Å². The number of nitriles is 1. The van der Waals surface area contributed by atoms with Gasteiger partial charge in [0.2, 0.25) is 0 Å². The second-order valence-electron chi connectivity index (χ2n) is 5.11. The molecule has 1 aliphatic carbocycles. The molecule has 21 heavy (non-hydrogen) atoms. The van der Waals surface area contributed by atoms with E-state index in [1.165, 1.54) is 12.1 Å². The Hall–Kier alpha value is -2.81. The van der Waals surface area contributed by atoms with Gasteiger partial charge in [0.05, 0.1) is 17.2 Å². The molecule has 0 amide bonds. The Labute approximate surface area is 119 Å². The molecule has 0 bridgehead atoms. The summed E-state index contributed by atoms with van der Waals surface area (Å²) in [5.41, 5.74) is 2.49. The van der Waals surface area contributed by atoms with E-state index in [9.17, 15) is 4.39 Å². The topological polar surface area (TPSA) is 67.4 Å². The van der Waals surface area contributed by atoms with Crippen LogP contribution in [0.25, 0.3) is 22.4 Å². The highest BCUT2D eigenvalue weighted by Crippen LogP contribution is 2.41. The van der Waals surface area contributed by atoms with Crippen LogP contribution in [0.5, 0.6) is 0 Å². The smallest absolute Gasteiger partial charge is 0.163 e. The minimum Gasteiger partial charge on any atom is -0.321 e. The van der Waals surface area contributed by atoms with E-state index in [2.05, 4.69) is 15.2 Å². The summed E-state index contributed by atoms with van der Waals surface area (Å²) in [4.78, 5) is 4.58. The summed E-state index contributed by atoms with van der Waals surface area (Å²) in [7, 11) is 0. The Morgan fingerprint density at radius 1 is 1.29 bits per heavy atom. The van der Waals surface area contributed by atoms with Crippen LogP contribution in [0, 0.1) is 17.1 Å². The Kier molecular flexibility index (Phi) is 2.48. The van der Waals surface area contributed by atoms with Gasteiger partial charge in [-0.05, 0) is 37.1 Å². The van der Waals surface area contributed by atoms with Crippen molar-refractivity contribution in [3.63, 3.8) is 0 Å². The molecule has 0 spiro atoms. The highest BCUT2D eigenvalue weighted by Gasteiger charge is 2.29. The van der Waals surface area contributed by atoms with Gasteiger partial charge in [0.1, 0.15) is 17.7 Å². The summed E-state index contributed by atoms with van der Waals surface area (Å²) in [5, 5.41) is 16.5. The zero-order valence-corrected chi connectivity index (χ0v) is 11.0. The summed E-state index contributed by atoms with van der Waals surface area (Å²) < 4.78 is 15.6. The van der Waals surface area contributed by atoms with Crippen LogP contribution in [0.1, 0.15) is 24.6 Å². The number of imidazole rings is 1. The lowest BCUT2D eigenvalue weighted by atomic mass is 10.2. The highest BCUT2D eigenvalue weighted by molar-refractivity contribution is 5.81.